The van der Waals surface area contributed by atoms with Crippen LogP contribution in [-0.2, 0) is 0 Å². The molecule has 0 bridgehead atoms. The molecule has 226 valence electrons. The summed E-state index contributed by atoms with van der Waals surface area (Å²) in [5.74, 6) is 6.04. The fraction of sp³-hybridized carbons (Fsp3) is 0.947. The first kappa shape index (κ1) is 31.6. The van der Waals surface area contributed by atoms with E-state index in [1.54, 1.807) is 5.57 Å². The lowest BCUT2D eigenvalue weighted by molar-refractivity contribution is -0.0918. The van der Waals surface area contributed by atoms with Gasteiger partial charge in [0, 0.05) is 5.41 Å². The summed E-state index contributed by atoms with van der Waals surface area (Å²) in [7, 11) is 0. The van der Waals surface area contributed by atoms with E-state index in [4.69, 9.17) is 0 Å². The average Bonchev–Trinajstić information content (AvgIpc) is 3.19. The van der Waals surface area contributed by atoms with E-state index in [-0.39, 0.29) is 11.5 Å². The molecule has 0 aliphatic heterocycles. The van der Waals surface area contributed by atoms with Crippen LogP contribution in [0.5, 0.6) is 0 Å². The van der Waals surface area contributed by atoms with Gasteiger partial charge in [0.15, 0.2) is 0 Å². The molecule has 1 nitrogen and oxygen atoms in total. The molecular weight excluding hydrogens is 472 g/mol. The van der Waals surface area contributed by atoms with Gasteiger partial charge < -0.3 is 5.11 Å². The Morgan fingerprint density at radius 3 is 2.21 bits per heavy atom. The van der Waals surface area contributed by atoms with Gasteiger partial charge in [-0.15, -0.1) is 0 Å². The third-order valence-corrected chi connectivity index (χ3v) is 14.1. The molecule has 4 aliphatic carbocycles. The molecular formula is C38H68O. The number of hydrogen-bond donors (Lipinski definition) is 1. The number of aliphatic hydroxyl groups is 1. The molecule has 3 fully saturated rings. The molecule has 1 N–H and O–H groups in total. The predicted molar refractivity (Wildman–Crippen MR) is 170 cm³/mol. The monoisotopic (exact) mass is 541 g/mol. The van der Waals surface area contributed by atoms with Crippen molar-refractivity contribution in [1.82, 2.24) is 0 Å². The number of rotatable bonds is 10. The molecule has 9 atom stereocenters. The highest BCUT2D eigenvalue weighted by Crippen LogP contribution is 2.69. The minimum absolute atomic E-state index is 0.0368. The Bertz CT molecular complexity index is 841. The number of allylic oxidation sites excluding steroid dienone is 1. The van der Waals surface area contributed by atoms with E-state index >= 15 is 0 Å². The van der Waals surface area contributed by atoms with Crippen molar-refractivity contribution in [2.24, 2.45) is 63.1 Å². The molecule has 0 aromatic carbocycles. The average molecular weight is 541 g/mol. The quantitative estimate of drug-likeness (QED) is 0.273. The van der Waals surface area contributed by atoms with Crippen molar-refractivity contribution in [3.05, 3.63) is 11.6 Å². The van der Waals surface area contributed by atoms with Crippen LogP contribution in [0.1, 0.15) is 159 Å². The first-order valence-corrected chi connectivity index (χ1v) is 17.6. The fourth-order valence-corrected chi connectivity index (χ4v) is 11.0. The van der Waals surface area contributed by atoms with Gasteiger partial charge in [-0.25, -0.2) is 0 Å². The van der Waals surface area contributed by atoms with E-state index in [0.29, 0.717) is 22.2 Å². The maximum atomic E-state index is 10.8. The maximum absolute atomic E-state index is 10.8. The second-order valence-electron chi connectivity index (χ2n) is 17.5. The molecule has 39 heavy (non-hydrogen) atoms. The zero-order valence-corrected chi connectivity index (χ0v) is 28.0. The molecule has 0 aromatic rings. The van der Waals surface area contributed by atoms with Gasteiger partial charge >= 0.3 is 0 Å². The predicted octanol–water partition coefficient (Wildman–Crippen LogP) is 11.2. The third-order valence-electron chi connectivity index (χ3n) is 14.1. The van der Waals surface area contributed by atoms with Crippen LogP contribution in [0.15, 0.2) is 11.6 Å². The van der Waals surface area contributed by atoms with Gasteiger partial charge in [-0.05, 0) is 128 Å². The summed E-state index contributed by atoms with van der Waals surface area (Å²) in [6.07, 6.45) is 21.6. The molecule has 1 heteroatoms. The highest BCUT2D eigenvalue weighted by atomic mass is 16.3. The van der Waals surface area contributed by atoms with Crippen LogP contribution in [0.2, 0.25) is 0 Å². The van der Waals surface area contributed by atoms with E-state index in [0.717, 1.165) is 41.9 Å². The minimum atomic E-state index is -0.163. The molecule has 0 aromatic heterocycles. The first-order valence-electron chi connectivity index (χ1n) is 17.6. The third kappa shape index (κ3) is 5.97. The Morgan fingerprint density at radius 1 is 0.897 bits per heavy atom. The van der Waals surface area contributed by atoms with Crippen molar-refractivity contribution in [1.29, 1.82) is 0 Å². The van der Waals surface area contributed by atoms with Crippen LogP contribution < -0.4 is 0 Å². The summed E-state index contributed by atoms with van der Waals surface area (Å²) < 4.78 is 0. The smallest absolute Gasteiger partial charge is 0.0628 e. The van der Waals surface area contributed by atoms with Crippen molar-refractivity contribution >= 4 is 0 Å². The van der Waals surface area contributed by atoms with E-state index in [1.165, 1.54) is 83.5 Å². The molecule has 0 saturated heterocycles. The van der Waals surface area contributed by atoms with Gasteiger partial charge in [0.05, 0.1) is 6.10 Å². The largest absolute Gasteiger partial charge is 0.392 e. The Hall–Kier alpha value is -0.300. The van der Waals surface area contributed by atoms with Crippen LogP contribution in [-0.4, -0.2) is 11.2 Å². The lowest BCUT2D eigenvalue weighted by Gasteiger charge is -2.61. The lowest BCUT2D eigenvalue weighted by atomic mass is 9.43. The SMILES string of the molecule is CCC(CC)CC(C)CC(CCCC1CCC2C3CC=C4C(CCC(O)C4(C)C)C3(C)CCC12C)C(C)(C)C. The summed E-state index contributed by atoms with van der Waals surface area (Å²) in [5, 5.41) is 10.8. The molecule has 0 spiro atoms. The van der Waals surface area contributed by atoms with Gasteiger partial charge in [0.2, 0.25) is 0 Å². The molecule has 0 radical (unpaired) electrons. The molecule has 0 heterocycles. The molecule has 9 unspecified atom stereocenters. The Kier molecular flexibility index (Phi) is 9.54. The van der Waals surface area contributed by atoms with Gasteiger partial charge in [-0.3, -0.25) is 0 Å². The highest BCUT2D eigenvalue weighted by Gasteiger charge is 2.61. The summed E-state index contributed by atoms with van der Waals surface area (Å²) in [6.45, 7) is 24.9. The molecule has 4 aliphatic rings. The highest BCUT2D eigenvalue weighted by molar-refractivity contribution is 5.29. The maximum Gasteiger partial charge on any atom is 0.0628 e. The summed E-state index contributed by atoms with van der Waals surface area (Å²) in [6, 6.07) is 0. The van der Waals surface area contributed by atoms with E-state index < -0.39 is 0 Å². The van der Waals surface area contributed by atoms with Crippen LogP contribution in [0, 0.1) is 63.1 Å². The lowest BCUT2D eigenvalue weighted by Crippen LogP contribution is -2.54. The molecule has 3 saturated carbocycles. The van der Waals surface area contributed by atoms with Gasteiger partial charge in [0.25, 0.3) is 0 Å². The van der Waals surface area contributed by atoms with Crippen molar-refractivity contribution in [2.75, 3.05) is 0 Å². The first-order chi connectivity index (χ1) is 18.2. The topological polar surface area (TPSA) is 20.2 Å². The second kappa shape index (κ2) is 11.8. The summed E-state index contributed by atoms with van der Waals surface area (Å²) in [5.41, 5.74) is 3.00. The standard InChI is InChI=1S/C38H68O/c1-11-27(12-2)24-26(3)25-29(35(4,5)6)15-13-14-28-16-17-32-33-19-18-30-31(20-21-34(39)36(30,7)8)38(33,10)23-22-37(28,32)9/h18,26-29,31-34,39H,11-17,19-25H2,1-10H3. The Balaban J connectivity index is 1.39. The van der Waals surface area contributed by atoms with Crippen molar-refractivity contribution < 1.29 is 5.11 Å². The normalized spacial score (nSPS) is 39.5. The van der Waals surface area contributed by atoms with Gasteiger partial charge in [-0.2, -0.15) is 0 Å². The summed E-state index contributed by atoms with van der Waals surface area (Å²) in [4.78, 5) is 0. The zero-order valence-electron chi connectivity index (χ0n) is 28.0. The zero-order chi connectivity index (χ0) is 28.8. The van der Waals surface area contributed by atoms with Gasteiger partial charge in [0.1, 0.15) is 0 Å². The minimum Gasteiger partial charge on any atom is -0.392 e. The van der Waals surface area contributed by atoms with Crippen LogP contribution in [0.25, 0.3) is 0 Å². The second-order valence-corrected chi connectivity index (χ2v) is 17.5. The molecule has 4 rings (SSSR count). The van der Waals surface area contributed by atoms with Crippen LogP contribution in [0.4, 0.5) is 0 Å². The Labute approximate surface area is 244 Å². The van der Waals surface area contributed by atoms with Crippen LogP contribution >= 0.6 is 0 Å². The Morgan fingerprint density at radius 2 is 1.56 bits per heavy atom. The number of hydrogen-bond acceptors (Lipinski definition) is 1. The fourth-order valence-electron chi connectivity index (χ4n) is 11.0. The van der Waals surface area contributed by atoms with Gasteiger partial charge in [-0.1, -0.05) is 100 Å². The van der Waals surface area contributed by atoms with Crippen molar-refractivity contribution in [2.45, 2.75) is 165 Å². The summed E-state index contributed by atoms with van der Waals surface area (Å²) >= 11 is 0. The van der Waals surface area contributed by atoms with Crippen molar-refractivity contribution in [3.63, 3.8) is 0 Å². The van der Waals surface area contributed by atoms with Crippen LogP contribution in [0.3, 0.4) is 0 Å². The van der Waals surface area contributed by atoms with E-state index in [1.807, 2.05) is 0 Å². The molecule has 0 amide bonds. The number of fused-ring (bicyclic) bond motifs is 5. The van der Waals surface area contributed by atoms with E-state index in [2.05, 4.69) is 75.3 Å². The van der Waals surface area contributed by atoms with E-state index in [9.17, 15) is 5.11 Å². The number of aliphatic hydroxyl groups excluding tert-OH is 1. The van der Waals surface area contributed by atoms with Crippen molar-refractivity contribution in [3.8, 4) is 0 Å².